The highest BCUT2D eigenvalue weighted by Crippen LogP contribution is 2.45. The van der Waals surface area contributed by atoms with Crippen molar-refractivity contribution in [1.29, 1.82) is 0 Å². The zero-order valence-corrected chi connectivity index (χ0v) is 22.4. The van der Waals surface area contributed by atoms with Gasteiger partial charge in [-0.1, -0.05) is 11.2 Å². The van der Waals surface area contributed by atoms with E-state index in [-0.39, 0.29) is 12.1 Å². The second kappa shape index (κ2) is 9.04. The predicted molar refractivity (Wildman–Crippen MR) is 143 cm³/mol. The van der Waals surface area contributed by atoms with E-state index in [2.05, 4.69) is 19.6 Å². The van der Waals surface area contributed by atoms with Gasteiger partial charge < -0.3 is 23.8 Å². The van der Waals surface area contributed by atoms with Gasteiger partial charge in [0.1, 0.15) is 29.5 Å². The molecule has 6 rings (SSSR count). The summed E-state index contributed by atoms with van der Waals surface area (Å²) >= 11 is 0. The Hall–Kier alpha value is -4.08. The lowest BCUT2D eigenvalue weighted by Crippen LogP contribution is -2.51. The second-order valence-corrected chi connectivity index (χ2v) is 10.8. The maximum atomic E-state index is 12.6. The molecule has 1 fully saturated rings. The Bertz CT molecular complexity index is 1480. The number of hydrogen-bond donors (Lipinski definition) is 0. The molecule has 198 valence electrons. The number of pyridine rings is 1. The van der Waals surface area contributed by atoms with Crippen LogP contribution in [-0.2, 0) is 4.74 Å². The number of imidazole rings is 1. The van der Waals surface area contributed by atoms with Crippen molar-refractivity contribution in [3.8, 4) is 16.9 Å². The first-order chi connectivity index (χ1) is 18.2. The summed E-state index contributed by atoms with van der Waals surface area (Å²) in [5.41, 5.74) is 4.86. The minimum absolute atomic E-state index is 0.146. The second-order valence-electron chi connectivity index (χ2n) is 10.8. The maximum Gasteiger partial charge on any atom is 0.410 e. The largest absolute Gasteiger partial charge is 0.488 e. The van der Waals surface area contributed by atoms with Gasteiger partial charge in [0.25, 0.3) is 0 Å². The fourth-order valence-corrected chi connectivity index (χ4v) is 5.32. The summed E-state index contributed by atoms with van der Waals surface area (Å²) in [4.78, 5) is 26.4. The monoisotopic (exact) mass is 516 g/mol. The number of nitrogens with zero attached hydrogens (tertiary/aromatic N) is 6. The molecule has 0 aliphatic carbocycles. The smallest absolute Gasteiger partial charge is 0.410 e. The fraction of sp³-hybridized carbons (Fsp3) is 0.429. The molecular formula is C28H32N6O4. The van der Waals surface area contributed by atoms with E-state index < -0.39 is 5.60 Å². The molecule has 0 bridgehead atoms. The Morgan fingerprint density at radius 1 is 1.08 bits per heavy atom. The van der Waals surface area contributed by atoms with E-state index in [1.54, 1.807) is 11.1 Å². The Morgan fingerprint density at radius 2 is 1.87 bits per heavy atom. The summed E-state index contributed by atoms with van der Waals surface area (Å²) in [6.45, 7) is 12.3. The molecule has 2 aliphatic rings. The van der Waals surface area contributed by atoms with Gasteiger partial charge in [-0.2, -0.15) is 0 Å². The van der Waals surface area contributed by atoms with Gasteiger partial charge >= 0.3 is 6.09 Å². The Kier molecular flexibility index (Phi) is 5.77. The van der Waals surface area contributed by atoms with Gasteiger partial charge in [-0.3, -0.25) is 9.55 Å². The topological polar surface area (TPSA) is 98.8 Å². The van der Waals surface area contributed by atoms with Crippen LogP contribution in [0.15, 0.2) is 41.1 Å². The van der Waals surface area contributed by atoms with Crippen LogP contribution in [-0.4, -0.2) is 69.1 Å². The first-order valence-electron chi connectivity index (χ1n) is 13.0. The average molecular weight is 517 g/mol. The fourth-order valence-electron chi connectivity index (χ4n) is 5.32. The molecule has 1 aromatic carbocycles. The highest BCUT2D eigenvalue weighted by atomic mass is 16.6. The van der Waals surface area contributed by atoms with Crippen molar-refractivity contribution < 1.29 is 18.8 Å². The van der Waals surface area contributed by atoms with Crippen LogP contribution in [0.1, 0.15) is 44.0 Å². The number of benzene rings is 1. The summed E-state index contributed by atoms with van der Waals surface area (Å²) in [6, 6.07) is 9.84. The molecule has 1 saturated heterocycles. The average Bonchev–Trinajstić information content (AvgIpc) is 3.45. The summed E-state index contributed by atoms with van der Waals surface area (Å²) < 4.78 is 19.8. The van der Waals surface area contributed by atoms with Crippen molar-refractivity contribution in [2.75, 3.05) is 37.7 Å². The van der Waals surface area contributed by atoms with Crippen molar-refractivity contribution in [2.45, 2.75) is 46.3 Å². The molecule has 5 heterocycles. The van der Waals surface area contributed by atoms with Crippen molar-refractivity contribution in [1.82, 2.24) is 24.6 Å². The van der Waals surface area contributed by atoms with E-state index in [0.29, 0.717) is 32.8 Å². The molecule has 4 aromatic rings. The van der Waals surface area contributed by atoms with E-state index in [1.165, 1.54) is 0 Å². The summed E-state index contributed by atoms with van der Waals surface area (Å²) in [5, 5.41) is 4.16. The minimum Gasteiger partial charge on any atom is -0.488 e. The predicted octanol–water partition coefficient (Wildman–Crippen LogP) is 4.74. The lowest BCUT2D eigenvalue weighted by Gasteiger charge is -2.37. The first-order valence-corrected chi connectivity index (χ1v) is 13.0. The molecule has 10 heteroatoms. The normalized spacial score (nSPS) is 17.6. The number of ether oxygens (including phenoxy) is 2. The Labute approximate surface area is 221 Å². The minimum atomic E-state index is -0.523. The van der Waals surface area contributed by atoms with E-state index in [4.69, 9.17) is 19.0 Å². The van der Waals surface area contributed by atoms with Gasteiger partial charge in [0.05, 0.1) is 22.5 Å². The van der Waals surface area contributed by atoms with E-state index in [9.17, 15) is 4.79 Å². The lowest BCUT2D eigenvalue weighted by molar-refractivity contribution is 0.0240. The van der Waals surface area contributed by atoms with Crippen LogP contribution in [0.25, 0.3) is 22.2 Å². The van der Waals surface area contributed by atoms with Crippen molar-refractivity contribution in [2.24, 2.45) is 0 Å². The SMILES string of the molecule is Cc1noc(C)c1-c1ccc2nc(N3CCN(C(=O)OC(C)(C)C)CC3)n3c2c1OCC3c1ccccn1. The number of aryl methyl sites for hydroxylation is 2. The lowest BCUT2D eigenvalue weighted by atomic mass is 10.0. The molecule has 1 amide bonds. The van der Waals surface area contributed by atoms with Crippen molar-refractivity contribution in [3.63, 3.8) is 0 Å². The van der Waals surface area contributed by atoms with Crippen LogP contribution in [0.4, 0.5) is 10.7 Å². The molecular weight excluding hydrogens is 484 g/mol. The number of rotatable bonds is 3. The van der Waals surface area contributed by atoms with Gasteiger partial charge in [-0.05, 0) is 58.9 Å². The summed E-state index contributed by atoms with van der Waals surface area (Å²) in [6.07, 6.45) is 1.52. The van der Waals surface area contributed by atoms with E-state index in [0.717, 1.165) is 51.0 Å². The highest BCUT2D eigenvalue weighted by Gasteiger charge is 2.35. The molecule has 0 saturated carbocycles. The van der Waals surface area contributed by atoms with Crippen LogP contribution < -0.4 is 9.64 Å². The zero-order valence-electron chi connectivity index (χ0n) is 22.4. The first kappa shape index (κ1) is 24.3. The molecule has 2 aliphatic heterocycles. The zero-order chi connectivity index (χ0) is 26.6. The van der Waals surface area contributed by atoms with Gasteiger partial charge in [0, 0.05) is 37.9 Å². The summed E-state index contributed by atoms with van der Waals surface area (Å²) in [5.74, 6) is 2.37. The van der Waals surface area contributed by atoms with Gasteiger partial charge in [-0.25, -0.2) is 9.78 Å². The number of piperazine rings is 1. The third-order valence-corrected chi connectivity index (χ3v) is 7.03. The molecule has 3 aromatic heterocycles. The third-order valence-electron chi connectivity index (χ3n) is 7.03. The van der Waals surface area contributed by atoms with Crippen LogP contribution in [0, 0.1) is 13.8 Å². The van der Waals surface area contributed by atoms with Crippen LogP contribution in [0.2, 0.25) is 0 Å². The molecule has 10 nitrogen and oxygen atoms in total. The van der Waals surface area contributed by atoms with E-state index in [1.807, 2.05) is 65.0 Å². The number of hydrogen-bond acceptors (Lipinski definition) is 8. The quantitative estimate of drug-likeness (QED) is 0.385. The van der Waals surface area contributed by atoms with Crippen LogP contribution in [0.3, 0.4) is 0 Å². The van der Waals surface area contributed by atoms with E-state index >= 15 is 0 Å². The molecule has 0 N–H and O–H groups in total. The van der Waals surface area contributed by atoms with Crippen molar-refractivity contribution in [3.05, 3.63) is 53.7 Å². The summed E-state index contributed by atoms with van der Waals surface area (Å²) in [7, 11) is 0. The van der Waals surface area contributed by atoms with Crippen LogP contribution >= 0.6 is 0 Å². The standard InChI is InChI=1S/C28H32N6O4/c1-17-23(18(2)38-31-17)19-9-10-21-24-25(19)36-16-22(20-8-6-7-11-29-20)34(24)26(30-21)32-12-14-33(15-13-32)27(35)37-28(3,4)5/h6-11,22H,12-16H2,1-5H3. The van der Waals surface area contributed by atoms with Crippen LogP contribution in [0.5, 0.6) is 5.75 Å². The van der Waals surface area contributed by atoms with Gasteiger partial charge in [0.2, 0.25) is 5.95 Å². The number of anilines is 1. The van der Waals surface area contributed by atoms with Gasteiger partial charge in [-0.15, -0.1) is 0 Å². The molecule has 1 unspecified atom stereocenters. The third kappa shape index (κ3) is 4.13. The van der Waals surface area contributed by atoms with Gasteiger partial charge in [0.15, 0.2) is 5.75 Å². The van der Waals surface area contributed by atoms with Crippen molar-refractivity contribution >= 4 is 23.1 Å². The number of carbonyl (C=O) groups excluding carboxylic acids is 1. The Balaban J connectivity index is 1.42. The highest BCUT2D eigenvalue weighted by molar-refractivity contribution is 5.94. The Morgan fingerprint density at radius 3 is 2.53 bits per heavy atom. The molecule has 38 heavy (non-hydrogen) atoms. The molecule has 1 atom stereocenters. The maximum absolute atomic E-state index is 12.6. The number of amides is 1. The molecule has 0 radical (unpaired) electrons. The number of carbonyl (C=O) groups is 1. The molecule has 0 spiro atoms. The number of aromatic nitrogens is 4.